The fourth-order valence-corrected chi connectivity index (χ4v) is 2.78. The smallest absolute Gasteiger partial charge is 0.409 e. The second-order valence-corrected chi connectivity index (χ2v) is 6.34. The maximum atomic E-state index is 11.7. The van der Waals surface area contributed by atoms with Crippen LogP contribution in [0.15, 0.2) is 42.6 Å². The number of anilines is 1. The Bertz CT molecular complexity index is 999. The van der Waals surface area contributed by atoms with E-state index in [1.54, 1.807) is 43.9 Å². The van der Waals surface area contributed by atoms with Crippen molar-refractivity contribution in [2.45, 2.75) is 6.92 Å². The number of likely N-dealkylation sites (N-methyl/N-ethyl adjacent to an activating group) is 1. The number of nitrogens with zero attached hydrogens (tertiary/aromatic N) is 4. The Morgan fingerprint density at radius 1 is 1.17 bits per heavy atom. The molecule has 9 nitrogen and oxygen atoms in total. The lowest BCUT2D eigenvalue weighted by molar-refractivity contribution is 0.0963. The normalized spacial score (nSPS) is 10.6. The average Bonchev–Trinajstić information content (AvgIpc) is 3.16. The summed E-state index contributed by atoms with van der Waals surface area (Å²) in [4.78, 5) is 29.2. The van der Waals surface area contributed by atoms with Crippen molar-refractivity contribution in [1.82, 2.24) is 24.8 Å². The summed E-state index contributed by atoms with van der Waals surface area (Å²) < 4.78 is 6.70. The van der Waals surface area contributed by atoms with E-state index in [1.165, 1.54) is 4.90 Å². The van der Waals surface area contributed by atoms with Crippen LogP contribution in [0.3, 0.4) is 0 Å². The van der Waals surface area contributed by atoms with Gasteiger partial charge in [-0.15, -0.1) is 5.10 Å². The highest BCUT2D eigenvalue weighted by molar-refractivity contribution is 5.94. The standard InChI is InChI=1S/C20H24N6O3/c1-4-29-20(28)25(3)12-11-22-17-9-10-18-23-13-16(26(18)24-17)14-5-7-15(8-6-14)19(27)21-2/h5-10,13H,4,11-12H2,1-3H3,(H,21,27)(H,22,24). The number of hydrogen-bond donors (Lipinski definition) is 2. The van der Waals surface area contributed by atoms with Gasteiger partial charge in [0, 0.05) is 38.3 Å². The number of fused-ring (bicyclic) bond motifs is 1. The molecule has 0 aliphatic heterocycles. The highest BCUT2D eigenvalue weighted by Gasteiger charge is 2.11. The summed E-state index contributed by atoms with van der Waals surface area (Å²) in [6.07, 6.45) is 1.39. The Kier molecular flexibility index (Phi) is 6.28. The highest BCUT2D eigenvalue weighted by Crippen LogP contribution is 2.21. The number of hydrogen-bond acceptors (Lipinski definition) is 6. The van der Waals surface area contributed by atoms with E-state index in [0.29, 0.717) is 36.7 Å². The van der Waals surface area contributed by atoms with Crippen LogP contribution in [0.25, 0.3) is 16.9 Å². The molecule has 0 saturated carbocycles. The van der Waals surface area contributed by atoms with Gasteiger partial charge < -0.3 is 20.3 Å². The topological polar surface area (TPSA) is 101 Å². The van der Waals surface area contributed by atoms with Crippen molar-refractivity contribution in [3.8, 4) is 11.3 Å². The molecule has 2 aromatic heterocycles. The molecule has 2 N–H and O–H groups in total. The summed E-state index contributed by atoms with van der Waals surface area (Å²) in [5.74, 6) is 0.531. The summed E-state index contributed by atoms with van der Waals surface area (Å²) >= 11 is 0. The van der Waals surface area contributed by atoms with Crippen molar-refractivity contribution in [2.24, 2.45) is 0 Å². The Hall–Kier alpha value is -3.62. The van der Waals surface area contributed by atoms with Crippen LogP contribution in [0.5, 0.6) is 0 Å². The quantitative estimate of drug-likeness (QED) is 0.635. The van der Waals surface area contributed by atoms with Crippen molar-refractivity contribution in [1.29, 1.82) is 0 Å². The zero-order valence-corrected chi connectivity index (χ0v) is 16.7. The third-order valence-corrected chi connectivity index (χ3v) is 4.37. The Labute approximate surface area is 168 Å². The molecule has 152 valence electrons. The minimum atomic E-state index is -0.352. The molecule has 2 amide bonds. The average molecular weight is 396 g/mol. The number of aromatic nitrogens is 3. The zero-order valence-electron chi connectivity index (χ0n) is 16.7. The van der Waals surface area contributed by atoms with Crippen LogP contribution < -0.4 is 10.6 Å². The first-order chi connectivity index (χ1) is 14.0. The molecule has 0 radical (unpaired) electrons. The van der Waals surface area contributed by atoms with Gasteiger partial charge in [0.05, 0.1) is 18.5 Å². The number of rotatable bonds is 7. The van der Waals surface area contributed by atoms with Crippen LogP contribution >= 0.6 is 0 Å². The van der Waals surface area contributed by atoms with Gasteiger partial charge >= 0.3 is 6.09 Å². The molecule has 3 aromatic rings. The molecule has 0 fully saturated rings. The molecule has 1 aromatic carbocycles. The Morgan fingerprint density at radius 2 is 1.93 bits per heavy atom. The predicted molar refractivity (Wildman–Crippen MR) is 110 cm³/mol. The van der Waals surface area contributed by atoms with Crippen molar-refractivity contribution in [3.63, 3.8) is 0 Å². The lowest BCUT2D eigenvalue weighted by atomic mass is 10.1. The number of nitrogens with one attached hydrogen (secondary N) is 2. The molecule has 29 heavy (non-hydrogen) atoms. The Morgan fingerprint density at radius 3 is 2.62 bits per heavy atom. The number of carbonyl (C=O) groups is 2. The number of imidazole rings is 1. The zero-order chi connectivity index (χ0) is 20.8. The molecule has 9 heteroatoms. The van der Waals surface area contributed by atoms with Gasteiger partial charge in [-0.3, -0.25) is 4.79 Å². The van der Waals surface area contributed by atoms with Crippen LogP contribution in [0.1, 0.15) is 17.3 Å². The Balaban J connectivity index is 1.73. The van der Waals surface area contributed by atoms with Crippen molar-refractivity contribution < 1.29 is 14.3 Å². The molecule has 2 heterocycles. The van der Waals surface area contributed by atoms with Gasteiger partial charge in [0.2, 0.25) is 0 Å². The van der Waals surface area contributed by atoms with Gasteiger partial charge in [0.15, 0.2) is 5.65 Å². The number of ether oxygens (including phenoxy) is 1. The van der Waals surface area contributed by atoms with Crippen LogP contribution in [0.4, 0.5) is 10.6 Å². The van der Waals surface area contributed by atoms with Gasteiger partial charge in [-0.2, -0.15) is 0 Å². The maximum absolute atomic E-state index is 11.7. The summed E-state index contributed by atoms with van der Waals surface area (Å²) in [7, 11) is 3.29. The minimum Gasteiger partial charge on any atom is -0.450 e. The lowest BCUT2D eigenvalue weighted by Crippen LogP contribution is -2.32. The first-order valence-electron chi connectivity index (χ1n) is 9.32. The molecule has 0 spiro atoms. The van der Waals surface area contributed by atoms with E-state index >= 15 is 0 Å². The van der Waals surface area contributed by atoms with E-state index < -0.39 is 0 Å². The highest BCUT2D eigenvalue weighted by atomic mass is 16.5. The number of amides is 2. The van der Waals surface area contributed by atoms with Crippen molar-refractivity contribution in [3.05, 3.63) is 48.2 Å². The van der Waals surface area contributed by atoms with E-state index in [2.05, 4.69) is 20.7 Å². The summed E-state index contributed by atoms with van der Waals surface area (Å²) in [6, 6.07) is 11.0. The first kappa shape index (κ1) is 20.1. The van der Waals surface area contributed by atoms with Gasteiger partial charge in [-0.1, -0.05) is 12.1 Å². The van der Waals surface area contributed by atoms with Crippen molar-refractivity contribution in [2.75, 3.05) is 39.1 Å². The van der Waals surface area contributed by atoms with Gasteiger partial charge in [-0.05, 0) is 31.2 Å². The number of benzene rings is 1. The molecule has 0 aliphatic rings. The molecule has 3 rings (SSSR count). The van der Waals surface area contributed by atoms with Crippen LogP contribution in [0.2, 0.25) is 0 Å². The monoisotopic (exact) mass is 396 g/mol. The third-order valence-electron chi connectivity index (χ3n) is 4.37. The van der Waals surface area contributed by atoms with E-state index in [0.717, 1.165) is 11.3 Å². The van der Waals surface area contributed by atoms with Crippen molar-refractivity contribution >= 4 is 23.5 Å². The van der Waals surface area contributed by atoms with E-state index in [4.69, 9.17) is 4.74 Å². The van der Waals surface area contributed by atoms with Crippen LogP contribution in [-0.2, 0) is 4.74 Å². The van der Waals surface area contributed by atoms with E-state index in [1.807, 2.05) is 24.3 Å². The molecular weight excluding hydrogens is 372 g/mol. The van der Waals surface area contributed by atoms with Gasteiger partial charge in [0.25, 0.3) is 5.91 Å². The van der Waals surface area contributed by atoms with E-state index in [9.17, 15) is 9.59 Å². The fourth-order valence-electron chi connectivity index (χ4n) is 2.78. The second kappa shape index (κ2) is 9.05. The SMILES string of the molecule is CCOC(=O)N(C)CCNc1ccc2ncc(-c3ccc(C(=O)NC)cc3)n2n1. The molecule has 0 unspecified atom stereocenters. The fraction of sp³-hybridized carbons (Fsp3) is 0.300. The summed E-state index contributed by atoms with van der Waals surface area (Å²) in [5.41, 5.74) is 3.02. The van der Waals surface area contributed by atoms with Gasteiger partial charge in [0.1, 0.15) is 5.82 Å². The van der Waals surface area contributed by atoms with E-state index in [-0.39, 0.29) is 12.0 Å². The molecular formula is C20H24N6O3. The van der Waals surface area contributed by atoms with Gasteiger partial charge in [-0.25, -0.2) is 14.3 Å². The maximum Gasteiger partial charge on any atom is 0.409 e. The molecule has 0 saturated heterocycles. The molecule has 0 aliphatic carbocycles. The second-order valence-electron chi connectivity index (χ2n) is 6.34. The minimum absolute atomic E-state index is 0.132. The van der Waals surface area contributed by atoms with Crippen LogP contribution in [0, 0.1) is 0 Å². The first-order valence-corrected chi connectivity index (χ1v) is 9.32. The summed E-state index contributed by atoms with van der Waals surface area (Å²) in [5, 5.41) is 10.4. The third kappa shape index (κ3) is 4.63. The summed E-state index contributed by atoms with van der Waals surface area (Å²) in [6.45, 7) is 3.13. The lowest BCUT2D eigenvalue weighted by Gasteiger charge is -2.16. The predicted octanol–water partition coefficient (Wildman–Crippen LogP) is 2.26. The van der Waals surface area contributed by atoms with Crippen LogP contribution in [-0.4, -0.2) is 65.3 Å². The molecule has 0 bridgehead atoms. The number of carbonyl (C=O) groups excluding carboxylic acids is 2. The largest absolute Gasteiger partial charge is 0.450 e. The molecule has 0 atom stereocenters.